The first kappa shape index (κ1) is 15.4. The molecule has 0 saturated heterocycles. The van der Waals surface area contributed by atoms with Crippen molar-refractivity contribution in [3.8, 4) is 0 Å². The van der Waals surface area contributed by atoms with Crippen molar-refractivity contribution in [2.24, 2.45) is 22.7 Å². The fraction of sp³-hybridized carbons (Fsp3) is 0.727. The predicted octanol–water partition coefficient (Wildman–Crippen LogP) is 1.56. The minimum Gasteiger partial charge on any atom is -0.481 e. The number of nitrogens with zero attached hydrogens (tertiary/aromatic N) is 1. The molecule has 0 saturated carbocycles. The molecule has 0 aromatic rings. The van der Waals surface area contributed by atoms with E-state index in [1.165, 1.54) is 0 Å². The lowest BCUT2D eigenvalue weighted by atomic mass is 9.96. The number of amides is 2. The van der Waals surface area contributed by atoms with Gasteiger partial charge in [-0.15, -0.1) is 0 Å². The molecule has 0 heterocycles. The van der Waals surface area contributed by atoms with Crippen LogP contribution in [0.1, 0.15) is 40.0 Å². The van der Waals surface area contributed by atoms with Crippen molar-refractivity contribution >= 4 is 17.7 Å². The van der Waals surface area contributed by atoms with E-state index in [1.807, 2.05) is 20.8 Å². The monoisotopic (exact) mass is 243 g/mol. The summed E-state index contributed by atoms with van der Waals surface area (Å²) in [6, 6.07) is -0.693. The van der Waals surface area contributed by atoms with E-state index in [2.05, 4.69) is 10.5 Å². The van der Waals surface area contributed by atoms with Crippen molar-refractivity contribution in [2.45, 2.75) is 40.0 Å². The lowest BCUT2D eigenvalue weighted by Gasteiger charge is -2.12. The van der Waals surface area contributed by atoms with Gasteiger partial charge in [-0.25, -0.2) is 10.2 Å². The highest BCUT2D eigenvalue weighted by Gasteiger charge is 2.11. The number of nitrogens with one attached hydrogen (secondary N) is 1. The molecule has 1 atom stereocenters. The summed E-state index contributed by atoms with van der Waals surface area (Å²) in [5.74, 6) is -0.514. The number of hydrogen-bond donors (Lipinski definition) is 3. The molecular formula is C11H21N3O3. The molecule has 0 spiro atoms. The van der Waals surface area contributed by atoms with E-state index in [9.17, 15) is 9.59 Å². The van der Waals surface area contributed by atoms with Crippen LogP contribution in [0.15, 0.2) is 5.10 Å². The molecule has 0 aliphatic rings. The van der Waals surface area contributed by atoms with Crippen LogP contribution in [-0.4, -0.2) is 22.8 Å². The van der Waals surface area contributed by atoms with E-state index in [0.29, 0.717) is 6.42 Å². The molecule has 0 aliphatic carbocycles. The van der Waals surface area contributed by atoms with Gasteiger partial charge in [0.05, 0.1) is 0 Å². The lowest BCUT2D eigenvalue weighted by molar-refractivity contribution is -0.138. The zero-order valence-electron chi connectivity index (χ0n) is 10.6. The van der Waals surface area contributed by atoms with E-state index in [1.54, 1.807) is 0 Å². The first-order valence-corrected chi connectivity index (χ1v) is 5.66. The maximum Gasteiger partial charge on any atom is 0.332 e. The standard InChI is InChI=1S/C11H21N3O3/c1-7(2)9(13-14-11(12)17)5-4-8(3)6-10(15)16/h7-8H,4-6H2,1-3H3,(H,15,16)(H3,12,14,17). The molecular weight excluding hydrogens is 222 g/mol. The molecule has 6 heteroatoms. The molecule has 4 N–H and O–H groups in total. The van der Waals surface area contributed by atoms with E-state index in [-0.39, 0.29) is 18.3 Å². The number of carbonyl (C=O) groups is 2. The molecule has 0 aliphatic heterocycles. The number of carbonyl (C=O) groups excluding carboxylic acids is 1. The Labute approximate surface area is 101 Å². The van der Waals surface area contributed by atoms with Crippen molar-refractivity contribution in [2.75, 3.05) is 0 Å². The number of aliphatic carboxylic acids is 1. The summed E-state index contributed by atoms with van der Waals surface area (Å²) in [6.07, 6.45) is 1.53. The molecule has 0 radical (unpaired) electrons. The first-order valence-electron chi connectivity index (χ1n) is 5.66. The number of carboxylic acids is 1. The van der Waals surface area contributed by atoms with Crippen LogP contribution in [-0.2, 0) is 4.79 Å². The van der Waals surface area contributed by atoms with Crippen LogP contribution in [0.3, 0.4) is 0 Å². The molecule has 0 aromatic carbocycles. The van der Waals surface area contributed by atoms with Crippen LogP contribution in [0, 0.1) is 11.8 Å². The first-order chi connectivity index (χ1) is 7.82. The smallest absolute Gasteiger partial charge is 0.332 e. The molecule has 0 fully saturated rings. The number of carboxylic acid groups (broad SMARTS) is 1. The highest BCUT2D eigenvalue weighted by atomic mass is 16.4. The summed E-state index contributed by atoms with van der Waals surface area (Å²) in [4.78, 5) is 21.0. The van der Waals surface area contributed by atoms with Gasteiger partial charge in [-0.1, -0.05) is 20.8 Å². The summed E-state index contributed by atoms with van der Waals surface area (Å²) >= 11 is 0. The highest BCUT2D eigenvalue weighted by molar-refractivity contribution is 5.87. The van der Waals surface area contributed by atoms with Gasteiger partial charge in [-0.3, -0.25) is 4.79 Å². The number of nitrogens with two attached hydrogens (primary N) is 1. The van der Waals surface area contributed by atoms with Crippen LogP contribution in [0.25, 0.3) is 0 Å². The van der Waals surface area contributed by atoms with Crippen LogP contribution in [0.5, 0.6) is 0 Å². The molecule has 1 unspecified atom stereocenters. The summed E-state index contributed by atoms with van der Waals surface area (Å²) in [5.41, 5.74) is 7.95. The number of urea groups is 1. The predicted molar refractivity (Wildman–Crippen MR) is 65.6 cm³/mol. The second-order valence-corrected chi connectivity index (χ2v) is 4.48. The maximum atomic E-state index is 10.5. The number of hydrazone groups is 1. The summed E-state index contributed by atoms with van der Waals surface area (Å²) in [7, 11) is 0. The SMILES string of the molecule is CC(CCC(=NNC(N)=O)C(C)C)CC(=O)O. The average molecular weight is 243 g/mol. The Bertz CT molecular complexity index is 300. The molecule has 0 rings (SSSR count). The molecule has 0 bridgehead atoms. The molecule has 2 amide bonds. The van der Waals surface area contributed by atoms with Crippen molar-refractivity contribution in [3.63, 3.8) is 0 Å². The highest BCUT2D eigenvalue weighted by Crippen LogP contribution is 2.13. The Morgan fingerprint density at radius 3 is 2.35 bits per heavy atom. The van der Waals surface area contributed by atoms with Crippen molar-refractivity contribution < 1.29 is 14.7 Å². The number of primary amides is 1. The minimum atomic E-state index is -0.796. The summed E-state index contributed by atoms with van der Waals surface area (Å²) in [6.45, 7) is 5.81. The van der Waals surface area contributed by atoms with Crippen LogP contribution >= 0.6 is 0 Å². The second kappa shape index (κ2) is 7.65. The van der Waals surface area contributed by atoms with Crippen molar-refractivity contribution in [1.29, 1.82) is 0 Å². The summed E-state index contributed by atoms with van der Waals surface area (Å²) in [5, 5.41) is 12.5. The normalized spacial score (nSPS) is 13.5. The van der Waals surface area contributed by atoms with Gasteiger partial charge in [-0.05, 0) is 24.7 Å². The van der Waals surface area contributed by atoms with E-state index >= 15 is 0 Å². The zero-order chi connectivity index (χ0) is 13.4. The quantitative estimate of drug-likeness (QED) is 0.466. The molecule has 6 nitrogen and oxygen atoms in total. The average Bonchev–Trinajstić information content (AvgIpc) is 2.15. The minimum absolute atomic E-state index is 0.0880. The largest absolute Gasteiger partial charge is 0.481 e. The number of rotatable bonds is 7. The van der Waals surface area contributed by atoms with Gasteiger partial charge in [0.25, 0.3) is 0 Å². The third-order valence-electron chi connectivity index (χ3n) is 2.39. The Kier molecular flexibility index (Phi) is 6.93. The molecule has 17 heavy (non-hydrogen) atoms. The third kappa shape index (κ3) is 8.24. The Balaban J connectivity index is 4.22. The second-order valence-electron chi connectivity index (χ2n) is 4.48. The van der Waals surface area contributed by atoms with E-state index in [4.69, 9.17) is 10.8 Å². The zero-order valence-corrected chi connectivity index (χ0v) is 10.6. The van der Waals surface area contributed by atoms with Gasteiger partial charge in [-0.2, -0.15) is 5.10 Å². The van der Waals surface area contributed by atoms with E-state index in [0.717, 1.165) is 12.1 Å². The maximum absolute atomic E-state index is 10.5. The number of hydrogen-bond acceptors (Lipinski definition) is 3. The topological polar surface area (TPSA) is 105 Å². The van der Waals surface area contributed by atoms with Gasteiger partial charge < -0.3 is 10.8 Å². The Morgan fingerprint density at radius 2 is 1.94 bits per heavy atom. The van der Waals surface area contributed by atoms with Gasteiger partial charge in [0, 0.05) is 12.1 Å². The van der Waals surface area contributed by atoms with Gasteiger partial charge in [0.15, 0.2) is 0 Å². The van der Waals surface area contributed by atoms with Gasteiger partial charge in [0.1, 0.15) is 0 Å². The van der Waals surface area contributed by atoms with Crippen molar-refractivity contribution in [1.82, 2.24) is 5.43 Å². The van der Waals surface area contributed by atoms with Crippen LogP contribution in [0.2, 0.25) is 0 Å². The Hall–Kier alpha value is -1.59. The Morgan fingerprint density at radius 1 is 1.35 bits per heavy atom. The molecule has 0 aromatic heterocycles. The van der Waals surface area contributed by atoms with Gasteiger partial charge in [0.2, 0.25) is 0 Å². The van der Waals surface area contributed by atoms with Crippen LogP contribution < -0.4 is 11.2 Å². The lowest BCUT2D eigenvalue weighted by Crippen LogP contribution is -2.27. The summed E-state index contributed by atoms with van der Waals surface area (Å²) < 4.78 is 0. The van der Waals surface area contributed by atoms with Gasteiger partial charge >= 0.3 is 12.0 Å². The van der Waals surface area contributed by atoms with Crippen LogP contribution in [0.4, 0.5) is 4.79 Å². The van der Waals surface area contributed by atoms with Crippen molar-refractivity contribution in [3.05, 3.63) is 0 Å². The third-order valence-corrected chi connectivity index (χ3v) is 2.39. The van der Waals surface area contributed by atoms with E-state index < -0.39 is 12.0 Å². The fourth-order valence-electron chi connectivity index (χ4n) is 1.40. The fourth-order valence-corrected chi connectivity index (χ4v) is 1.40. The molecule has 98 valence electrons.